The molecule has 0 aromatic heterocycles. The first-order chi connectivity index (χ1) is 16.5. The van der Waals surface area contributed by atoms with E-state index in [9.17, 15) is 27.2 Å². The molecule has 2 fully saturated rings. The Bertz CT molecular complexity index is 1090. The number of benzene rings is 2. The number of carbonyl (C=O) groups excluding carboxylic acids is 2. The van der Waals surface area contributed by atoms with E-state index in [1.807, 2.05) is 13.8 Å². The molecule has 2 heterocycles. The lowest BCUT2D eigenvalue weighted by Gasteiger charge is -2.44. The van der Waals surface area contributed by atoms with E-state index in [1.54, 1.807) is 21.9 Å². The lowest BCUT2D eigenvalue weighted by Crippen LogP contribution is -2.59. The van der Waals surface area contributed by atoms with Gasteiger partial charge in [0.15, 0.2) is 0 Å². The van der Waals surface area contributed by atoms with Crippen molar-refractivity contribution >= 4 is 11.8 Å². The number of piperidine rings is 1. The predicted octanol–water partition coefficient (Wildman–Crippen LogP) is 4.82. The van der Waals surface area contributed by atoms with Gasteiger partial charge in [0.25, 0.3) is 5.91 Å². The first kappa shape index (κ1) is 25.2. The summed E-state index contributed by atoms with van der Waals surface area (Å²) in [5, 5.41) is 3.46. The predicted molar refractivity (Wildman–Crippen MR) is 123 cm³/mol. The number of halogens is 4. The highest BCUT2D eigenvalue weighted by atomic mass is 19.4. The second kappa shape index (κ2) is 9.60. The minimum Gasteiger partial charge on any atom is -0.338 e. The molecule has 2 aliphatic heterocycles. The highest BCUT2D eigenvalue weighted by Crippen LogP contribution is 2.36. The Balaban J connectivity index is 1.56. The first-order valence-electron chi connectivity index (χ1n) is 11.8. The second-order valence-corrected chi connectivity index (χ2v) is 9.75. The molecule has 0 bridgehead atoms. The molecular formula is C26H29F4N3O2. The summed E-state index contributed by atoms with van der Waals surface area (Å²) < 4.78 is 53.9. The molecule has 2 aliphatic rings. The van der Waals surface area contributed by atoms with Gasteiger partial charge < -0.3 is 9.80 Å². The Hall–Kier alpha value is -2.94. The topological polar surface area (TPSA) is 52.7 Å². The Labute approximate surface area is 202 Å². The first-order valence-corrected chi connectivity index (χ1v) is 11.8. The minimum atomic E-state index is -4.47. The fraction of sp³-hybridized carbons (Fsp3) is 0.462. The highest BCUT2D eigenvalue weighted by Gasteiger charge is 2.51. The van der Waals surface area contributed by atoms with E-state index in [0.717, 1.165) is 12.1 Å². The minimum absolute atomic E-state index is 0.00239. The number of hydrogen-bond acceptors (Lipinski definition) is 3. The Kier molecular flexibility index (Phi) is 6.90. The standard InChI is InChI=1S/C26H29F4N3O2/c1-17(2)14-22-24(35)33(16-18-6-5-7-19(15-18)26(28,29)30)25(31-22)10-12-32(13-11-25)23(34)20-8-3-4-9-21(20)27/h3-9,15,17,22,31H,10-14,16H2,1-2H3/t22-/m0/s1. The van der Waals surface area contributed by atoms with Crippen molar-refractivity contribution in [2.75, 3.05) is 13.1 Å². The molecule has 0 unspecified atom stereocenters. The maximum absolute atomic E-state index is 14.1. The normalized spacial score (nSPS) is 20.2. The van der Waals surface area contributed by atoms with E-state index >= 15 is 0 Å². The number of nitrogens with zero attached hydrogens (tertiary/aromatic N) is 2. The maximum atomic E-state index is 14.1. The number of likely N-dealkylation sites (tertiary alicyclic amines) is 1. The number of amides is 2. The summed E-state index contributed by atoms with van der Waals surface area (Å²) in [6, 6.07) is 10.4. The number of hydrogen-bond donors (Lipinski definition) is 1. The molecule has 2 amide bonds. The van der Waals surface area contributed by atoms with Crippen LogP contribution in [-0.4, -0.2) is 46.4 Å². The van der Waals surface area contributed by atoms with E-state index in [1.165, 1.54) is 24.3 Å². The smallest absolute Gasteiger partial charge is 0.338 e. The van der Waals surface area contributed by atoms with Crippen molar-refractivity contribution in [3.05, 3.63) is 71.0 Å². The van der Waals surface area contributed by atoms with Crippen LogP contribution in [0.25, 0.3) is 0 Å². The Morgan fingerprint density at radius 2 is 1.80 bits per heavy atom. The van der Waals surface area contributed by atoms with Crippen LogP contribution in [0.3, 0.4) is 0 Å². The zero-order chi connectivity index (χ0) is 25.4. The van der Waals surface area contributed by atoms with Gasteiger partial charge in [0, 0.05) is 32.5 Å². The van der Waals surface area contributed by atoms with Crippen LogP contribution in [-0.2, 0) is 17.5 Å². The van der Waals surface area contributed by atoms with Crippen molar-refractivity contribution in [1.82, 2.24) is 15.1 Å². The maximum Gasteiger partial charge on any atom is 0.416 e. The molecule has 4 rings (SSSR count). The number of rotatable bonds is 5. The molecule has 9 heteroatoms. The van der Waals surface area contributed by atoms with Crippen LogP contribution < -0.4 is 5.32 Å². The third kappa shape index (κ3) is 5.19. The summed E-state index contributed by atoms with van der Waals surface area (Å²) in [4.78, 5) is 29.5. The molecule has 2 aromatic carbocycles. The third-order valence-corrected chi connectivity index (χ3v) is 6.81. The Morgan fingerprint density at radius 3 is 2.43 bits per heavy atom. The van der Waals surface area contributed by atoms with E-state index < -0.39 is 35.2 Å². The third-order valence-electron chi connectivity index (χ3n) is 6.81. The molecular weight excluding hydrogens is 462 g/mol. The van der Waals surface area contributed by atoms with Gasteiger partial charge in [-0.05, 0) is 42.2 Å². The van der Waals surface area contributed by atoms with Crippen LogP contribution in [0.15, 0.2) is 48.5 Å². The van der Waals surface area contributed by atoms with Crippen LogP contribution in [0, 0.1) is 11.7 Å². The molecule has 1 atom stereocenters. The van der Waals surface area contributed by atoms with Crippen LogP contribution >= 0.6 is 0 Å². The molecule has 0 aliphatic carbocycles. The monoisotopic (exact) mass is 491 g/mol. The van der Waals surface area contributed by atoms with Crippen molar-refractivity contribution in [1.29, 1.82) is 0 Å². The van der Waals surface area contributed by atoms with Crippen molar-refractivity contribution in [2.45, 2.75) is 57.5 Å². The molecule has 5 nitrogen and oxygen atoms in total. The summed E-state index contributed by atoms with van der Waals surface area (Å²) in [7, 11) is 0. The van der Waals surface area contributed by atoms with E-state index in [2.05, 4.69) is 5.32 Å². The number of alkyl halides is 3. The van der Waals surface area contributed by atoms with Crippen molar-refractivity contribution in [3.8, 4) is 0 Å². The van der Waals surface area contributed by atoms with E-state index in [4.69, 9.17) is 0 Å². The van der Waals surface area contributed by atoms with Gasteiger partial charge in [-0.2, -0.15) is 13.2 Å². The molecule has 0 saturated carbocycles. The molecule has 2 aromatic rings. The largest absolute Gasteiger partial charge is 0.416 e. The number of carbonyl (C=O) groups is 2. The van der Waals surface area contributed by atoms with Gasteiger partial charge in [0.1, 0.15) is 5.82 Å². The van der Waals surface area contributed by atoms with E-state index in [0.29, 0.717) is 37.9 Å². The van der Waals surface area contributed by atoms with Gasteiger partial charge in [0.2, 0.25) is 5.91 Å². The summed E-state index contributed by atoms with van der Waals surface area (Å²) >= 11 is 0. The summed E-state index contributed by atoms with van der Waals surface area (Å²) in [5.74, 6) is -0.907. The quantitative estimate of drug-likeness (QED) is 0.610. The van der Waals surface area contributed by atoms with Gasteiger partial charge in [-0.1, -0.05) is 38.1 Å². The SMILES string of the molecule is CC(C)C[C@@H]1NC2(CCN(C(=O)c3ccccc3F)CC2)N(Cc2cccc(C(F)(F)F)c2)C1=O. The average molecular weight is 492 g/mol. The molecule has 35 heavy (non-hydrogen) atoms. The molecule has 2 saturated heterocycles. The summed E-state index contributed by atoms with van der Waals surface area (Å²) in [6.45, 7) is 4.63. The summed E-state index contributed by atoms with van der Waals surface area (Å²) in [6.07, 6.45) is -3.09. The molecule has 1 spiro atoms. The Morgan fingerprint density at radius 1 is 1.11 bits per heavy atom. The lowest BCUT2D eigenvalue weighted by atomic mass is 9.94. The molecule has 0 radical (unpaired) electrons. The lowest BCUT2D eigenvalue weighted by molar-refractivity contribution is -0.137. The van der Waals surface area contributed by atoms with E-state index in [-0.39, 0.29) is 23.9 Å². The van der Waals surface area contributed by atoms with Gasteiger partial charge in [-0.15, -0.1) is 0 Å². The summed E-state index contributed by atoms with van der Waals surface area (Å²) in [5.41, 5.74) is -1.15. The van der Waals surface area contributed by atoms with Crippen molar-refractivity contribution < 1.29 is 27.2 Å². The van der Waals surface area contributed by atoms with Crippen LogP contribution in [0.1, 0.15) is 54.6 Å². The van der Waals surface area contributed by atoms with Gasteiger partial charge in [0.05, 0.1) is 22.8 Å². The van der Waals surface area contributed by atoms with Crippen molar-refractivity contribution in [2.24, 2.45) is 5.92 Å². The second-order valence-electron chi connectivity index (χ2n) is 9.75. The van der Waals surface area contributed by atoms with Gasteiger partial charge in [-0.25, -0.2) is 4.39 Å². The molecule has 188 valence electrons. The zero-order valence-corrected chi connectivity index (χ0v) is 19.7. The van der Waals surface area contributed by atoms with Gasteiger partial charge in [-0.3, -0.25) is 14.9 Å². The zero-order valence-electron chi connectivity index (χ0n) is 19.7. The van der Waals surface area contributed by atoms with Crippen LogP contribution in [0.5, 0.6) is 0 Å². The number of nitrogens with one attached hydrogen (secondary N) is 1. The van der Waals surface area contributed by atoms with Crippen LogP contribution in [0.4, 0.5) is 17.6 Å². The average Bonchev–Trinajstić information content (AvgIpc) is 3.04. The van der Waals surface area contributed by atoms with Gasteiger partial charge >= 0.3 is 6.18 Å². The fourth-order valence-electron chi connectivity index (χ4n) is 5.05. The van der Waals surface area contributed by atoms with Crippen molar-refractivity contribution in [3.63, 3.8) is 0 Å². The van der Waals surface area contributed by atoms with Crippen LogP contribution in [0.2, 0.25) is 0 Å². The molecule has 1 N–H and O–H groups in total. The highest BCUT2D eigenvalue weighted by molar-refractivity contribution is 5.94. The fourth-order valence-corrected chi connectivity index (χ4v) is 5.05.